The van der Waals surface area contributed by atoms with Crippen molar-refractivity contribution < 1.29 is 14.1 Å². The Kier molecular flexibility index (Phi) is 6.43. The molecular formula is C18H30N6O3. The van der Waals surface area contributed by atoms with Gasteiger partial charge in [0.1, 0.15) is 0 Å². The zero-order valence-electron chi connectivity index (χ0n) is 16.6. The number of amides is 2. The summed E-state index contributed by atoms with van der Waals surface area (Å²) in [5, 5.41) is 3.93. The standard InChI is InChI=1S/C18H30N6O3/c1-14-19-16(20-27-14)13-22-7-10-23(11-8-22)18(26)15-4-5-17(25)24(12-15)9-6-21(2)3/h15H,4-13H2,1-3H3/t15-/m1/s1. The molecule has 9 heteroatoms. The number of piperidine rings is 1. The van der Waals surface area contributed by atoms with Crippen LogP contribution in [0.4, 0.5) is 0 Å². The smallest absolute Gasteiger partial charge is 0.227 e. The van der Waals surface area contributed by atoms with E-state index >= 15 is 0 Å². The van der Waals surface area contributed by atoms with Crippen molar-refractivity contribution in [1.82, 2.24) is 29.7 Å². The minimum absolute atomic E-state index is 0.0729. The molecule has 9 nitrogen and oxygen atoms in total. The van der Waals surface area contributed by atoms with Gasteiger partial charge in [0.05, 0.1) is 12.5 Å². The Hall–Kier alpha value is -2.00. The first kappa shape index (κ1) is 19.8. The van der Waals surface area contributed by atoms with Gasteiger partial charge >= 0.3 is 0 Å². The first-order valence-electron chi connectivity index (χ1n) is 9.65. The van der Waals surface area contributed by atoms with Gasteiger partial charge in [-0.15, -0.1) is 0 Å². The van der Waals surface area contributed by atoms with Gasteiger partial charge in [0, 0.05) is 59.2 Å². The lowest BCUT2D eigenvalue weighted by molar-refractivity contribution is -0.144. The van der Waals surface area contributed by atoms with Gasteiger partial charge in [-0.3, -0.25) is 14.5 Å². The second-order valence-corrected chi connectivity index (χ2v) is 7.71. The van der Waals surface area contributed by atoms with Crippen LogP contribution in [0.1, 0.15) is 24.6 Å². The topological polar surface area (TPSA) is 86.0 Å². The van der Waals surface area contributed by atoms with Crippen LogP contribution in [-0.2, 0) is 16.1 Å². The number of hydrogen-bond acceptors (Lipinski definition) is 7. The van der Waals surface area contributed by atoms with E-state index in [1.165, 1.54) is 0 Å². The van der Waals surface area contributed by atoms with Crippen LogP contribution < -0.4 is 0 Å². The molecule has 2 fully saturated rings. The van der Waals surface area contributed by atoms with Crippen LogP contribution in [0.3, 0.4) is 0 Å². The van der Waals surface area contributed by atoms with Crippen LogP contribution in [-0.4, -0.2) is 101 Å². The maximum Gasteiger partial charge on any atom is 0.227 e. The molecule has 1 atom stereocenters. The summed E-state index contributed by atoms with van der Waals surface area (Å²) in [7, 11) is 3.98. The summed E-state index contributed by atoms with van der Waals surface area (Å²) < 4.78 is 5.01. The largest absolute Gasteiger partial charge is 0.341 e. The molecule has 0 aromatic carbocycles. The molecule has 1 aromatic heterocycles. The Balaban J connectivity index is 1.47. The third-order valence-electron chi connectivity index (χ3n) is 5.29. The van der Waals surface area contributed by atoms with Gasteiger partial charge in [-0.2, -0.15) is 4.98 Å². The van der Waals surface area contributed by atoms with E-state index in [-0.39, 0.29) is 17.7 Å². The highest BCUT2D eigenvalue weighted by atomic mass is 16.5. The lowest BCUT2D eigenvalue weighted by Crippen LogP contribution is -2.53. The Morgan fingerprint density at radius 2 is 2.00 bits per heavy atom. The molecule has 150 valence electrons. The summed E-state index contributed by atoms with van der Waals surface area (Å²) in [6.07, 6.45) is 1.14. The molecule has 0 unspecified atom stereocenters. The summed E-state index contributed by atoms with van der Waals surface area (Å²) in [5.74, 6) is 1.55. The normalized spacial score (nSPS) is 21.9. The van der Waals surface area contributed by atoms with Crippen LogP contribution in [0.15, 0.2) is 4.52 Å². The van der Waals surface area contributed by atoms with Crippen LogP contribution >= 0.6 is 0 Å². The number of aromatic nitrogens is 2. The molecule has 3 rings (SSSR count). The molecular weight excluding hydrogens is 348 g/mol. The van der Waals surface area contributed by atoms with Crippen molar-refractivity contribution in [2.45, 2.75) is 26.3 Å². The Labute approximate surface area is 160 Å². The van der Waals surface area contributed by atoms with E-state index in [1.54, 1.807) is 6.92 Å². The summed E-state index contributed by atoms with van der Waals surface area (Å²) >= 11 is 0. The average molecular weight is 378 g/mol. The summed E-state index contributed by atoms with van der Waals surface area (Å²) in [4.78, 5) is 37.4. The van der Waals surface area contributed by atoms with Gasteiger partial charge in [-0.05, 0) is 20.5 Å². The number of aryl methyl sites for hydroxylation is 1. The number of rotatable bonds is 6. The molecule has 0 saturated carbocycles. The minimum Gasteiger partial charge on any atom is -0.341 e. The average Bonchev–Trinajstić information content (AvgIpc) is 3.06. The zero-order chi connectivity index (χ0) is 19.4. The van der Waals surface area contributed by atoms with Crippen LogP contribution in [0, 0.1) is 12.8 Å². The van der Waals surface area contributed by atoms with E-state index in [4.69, 9.17) is 4.52 Å². The van der Waals surface area contributed by atoms with E-state index in [0.29, 0.717) is 57.3 Å². The fourth-order valence-corrected chi connectivity index (χ4v) is 3.64. The Bertz CT molecular complexity index is 653. The Morgan fingerprint density at radius 3 is 2.63 bits per heavy atom. The number of nitrogens with zero attached hydrogens (tertiary/aromatic N) is 6. The van der Waals surface area contributed by atoms with Crippen molar-refractivity contribution >= 4 is 11.8 Å². The zero-order valence-corrected chi connectivity index (χ0v) is 16.6. The summed E-state index contributed by atoms with van der Waals surface area (Å²) in [6.45, 7) is 7.50. The highest BCUT2D eigenvalue weighted by Crippen LogP contribution is 2.21. The van der Waals surface area contributed by atoms with Crippen LogP contribution in [0.2, 0.25) is 0 Å². The van der Waals surface area contributed by atoms with E-state index in [0.717, 1.165) is 19.6 Å². The predicted molar refractivity (Wildman–Crippen MR) is 98.8 cm³/mol. The minimum atomic E-state index is -0.0729. The maximum absolute atomic E-state index is 12.9. The van der Waals surface area contributed by atoms with E-state index in [2.05, 4.69) is 19.9 Å². The summed E-state index contributed by atoms with van der Waals surface area (Å²) in [6, 6.07) is 0. The van der Waals surface area contributed by atoms with Gasteiger partial charge in [-0.25, -0.2) is 0 Å². The fourth-order valence-electron chi connectivity index (χ4n) is 3.64. The molecule has 3 heterocycles. The van der Waals surface area contributed by atoms with Gasteiger partial charge in [0.15, 0.2) is 5.82 Å². The van der Waals surface area contributed by atoms with Crippen LogP contribution in [0.25, 0.3) is 0 Å². The lowest BCUT2D eigenvalue weighted by Gasteiger charge is -2.38. The summed E-state index contributed by atoms with van der Waals surface area (Å²) in [5.41, 5.74) is 0. The highest BCUT2D eigenvalue weighted by Gasteiger charge is 2.33. The fraction of sp³-hybridized carbons (Fsp3) is 0.778. The second-order valence-electron chi connectivity index (χ2n) is 7.71. The van der Waals surface area contributed by atoms with Gasteiger partial charge in [-0.1, -0.05) is 5.16 Å². The van der Waals surface area contributed by atoms with Crippen LogP contribution in [0.5, 0.6) is 0 Å². The molecule has 2 aliphatic heterocycles. The Morgan fingerprint density at radius 1 is 1.26 bits per heavy atom. The number of carbonyl (C=O) groups is 2. The van der Waals surface area contributed by atoms with E-state index in [9.17, 15) is 9.59 Å². The van der Waals surface area contributed by atoms with Crippen molar-refractivity contribution in [3.63, 3.8) is 0 Å². The second kappa shape index (κ2) is 8.79. The predicted octanol–water partition coefficient (Wildman–Crippen LogP) is -0.178. The molecule has 0 aliphatic carbocycles. The van der Waals surface area contributed by atoms with E-state index < -0.39 is 0 Å². The molecule has 1 aromatic rings. The first-order chi connectivity index (χ1) is 12.9. The number of likely N-dealkylation sites (N-methyl/N-ethyl adjacent to an activating group) is 1. The van der Waals surface area contributed by atoms with Crippen molar-refractivity contribution in [3.8, 4) is 0 Å². The SMILES string of the molecule is Cc1nc(CN2CCN(C(=O)[C@@H]3CCC(=O)N(CCN(C)C)C3)CC2)no1. The van der Waals surface area contributed by atoms with Gasteiger partial charge in [0.25, 0.3) is 0 Å². The van der Waals surface area contributed by atoms with Gasteiger partial charge in [0.2, 0.25) is 17.7 Å². The van der Waals surface area contributed by atoms with Crippen molar-refractivity contribution in [1.29, 1.82) is 0 Å². The molecule has 0 bridgehead atoms. The molecule has 2 amide bonds. The third kappa shape index (κ3) is 5.26. The molecule has 0 N–H and O–H groups in total. The van der Waals surface area contributed by atoms with Crippen molar-refractivity contribution in [2.75, 3.05) is 59.9 Å². The first-order valence-corrected chi connectivity index (χ1v) is 9.65. The van der Waals surface area contributed by atoms with E-state index in [1.807, 2.05) is 23.9 Å². The quantitative estimate of drug-likeness (QED) is 0.679. The van der Waals surface area contributed by atoms with Crippen molar-refractivity contribution in [2.24, 2.45) is 5.92 Å². The molecule has 0 spiro atoms. The number of piperazine rings is 1. The monoisotopic (exact) mass is 378 g/mol. The maximum atomic E-state index is 12.9. The molecule has 27 heavy (non-hydrogen) atoms. The molecule has 0 radical (unpaired) electrons. The number of likely N-dealkylation sites (tertiary alicyclic amines) is 1. The number of hydrogen-bond donors (Lipinski definition) is 0. The van der Waals surface area contributed by atoms with Crippen molar-refractivity contribution in [3.05, 3.63) is 11.7 Å². The third-order valence-corrected chi connectivity index (χ3v) is 5.29. The number of carbonyl (C=O) groups excluding carboxylic acids is 2. The molecule has 2 saturated heterocycles. The van der Waals surface area contributed by atoms with Gasteiger partial charge < -0.3 is 19.2 Å². The molecule has 2 aliphatic rings. The lowest BCUT2D eigenvalue weighted by atomic mass is 9.95. The highest BCUT2D eigenvalue weighted by molar-refractivity contribution is 5.84.